The van der Waals surface area contributed by atoms with E-state index in [-0.39, 0.29) is 5.97 Å². The van der Waals surface area contributed by atoms with Gasteiger partial charge in [-0.3, -0.25) is 4.68 Å². The van der Waals surface area contributed by atoms with Crippen molar-refractivity contribution in [1.29, 1.82) is 0 Å². The Morgan fingerprint density at radius 1 is 0.963 bits per heavy atom. The number of ether oxygens (including phenoxy) is 1. The highest BCUT2D eigenvalue weighted by Gasteiger charge is 2.16. The first-order valence-corrected chi connectivity index (χ1v) is 8.85. The molecule has 4 aromatic rings. The van der Waals surface area contributed by atoms with Gasteiger partial charge in [-0.2, -0.15) is 5.10 Å². The second kappa shape index (κ2) is 7.08. The first kappa shape index (κ1) is 17.0. The Balaban J connectivity index is 1.70. The molecule has 0 amide bonds. The summed E-state index contributed by atoms with van der Waals surface area (Å²) in [5.74, 6) is -0.346. The molecule has 0 saturated carbocycles. The molecular weight excluding hydrogens is 336 g/mol. The fraction of sp³-hybridized carbons (Fsp3) is 0.130. The standard InChI is InChI=1S/C23H20N2O2/c1-16-8-13-20(23(26)27-2)22-21(16)14-24-25(22)15-17-9-11-19(12-10-17)18-6-4-3-5-7-18/h3-14H,15H2,1-2H3. The molecule has 1 aromatic heterocycles. The number of methoxy groups -OCH3 is 1. The van der Waals surface area contributed by atoms with Crippen LogP contribution in [0.4, 0.5) is 0 Å². The minimum atomic E-state index is -0.346. The van der Waals surface area contributed by atoms with Crippen molar-refractivity contribution in [2.75, 3.05) is 7.11 Å². The van der Waals surface area contributed by atoms with Gasteiger partial charge in [0.2, 0.25) is 0 Å². The van der Waals surface area contributed by atoms with E-state index in [0.717, 1.165) is 22.0 Å². The van der Waals surface area contributed by atoms with Gasteiger partial charge in [-0.15, -0.1) is 0 Å². The van der Waals surface area contributed by atoms with Gasteiger partial charge in [0.15, 0.2) is 0 Å². The summed E-state index contributed by atoms with van der Waals surface area (Å²) in [6, 6.07) is 22.4. The Morgan fingerprint density at radius 2 is 1.67 bits per heavy atom. The van der Waals surface area contributed by atoms with Crippen molar-refractivity contribution in [3.63, 3.8) is 0 Å². The number of hydrogen-bond donors (Lipinski definition) is 0. The van der Waals surface area contributed by atoms with Gasteiger partial charge < -0.3 is 4.74 Å². The summed E-state index contributed by atoms with van der Waals surface area (Å²) >= 11 is 0. The summed E-state index contributed by atoms with van der Waals surface area (Å²) in [4.78, 5) is 12.2. The first-order chi connectivity index (χ1) is 13.2. The van der Waals surface area contributed by atoms with E-state index in [4.69, 9.17) is 4.74 Å². The van der Waals surface area contributed by atoms with Crippen LogP contribution in [0.1, 0.15) is 21.5 Å². The van der Waals surface area contributed by atoms with E-state index in [1.807, 2.05) is 42.1 Å². The van der Waals surface area contributed by atoms with Crippen LogP contribution in [0, 0.1) is 6.92 Å². The monoisotopic (exact) mass is 356 g/mol. The number of aryl methyl sites for hydroxylation is 1. The number of esters is 1. The molecule has 0 radical (unpaired) electrons. The maximum Gasteiger partial charge on any atom is 0.340 e. The lowest BCUT2D eigenvalue weighted by Gasteiger charge is -2.09. The molecule has 0 aliphatic rings. The van der Waals surface area contributed by atoms with Crippen molar-refractivity contribution in [3.8, 4) is 11.1 Å². The second-order valence-electron chi connectivity index (χ2n) is 6.55. The molecule has 0 unspecified atom stereocenters. The van der Waals surface area contributed by atoms with Crippen LogP contribution in [0.15, 0.2) is 72.9 Å². The molecule has 0 saturated heterocycles. The van der Waals surface area contributed by atoms with Crippen molar-refractivity contribution in [2.24, 2.45) is 0 Å². The highest BCUT2D eigenvalue weighted by atomic mass is 16.5. The van der Waals surface area contributed by atoms with Gasteiger partial charge in [0.05, 0.1) is 30.9 Å². The van der Waals surface area contributed by atoms with Crippen LogP contribution < -0.4 is 0 Å². The highest BCUT2D eigenvalue weighted by Crippen LogP contribution is 2.25. The Hall–Kier alpha value is -3.40. The molecule has 134 valence electrons. The normalized spacial score (nSPS) is 10.9. The van der Waals surface area contributed by atoms with E-state index in [2.05, 4.69) is 41.5 Å². The number of rotatable bonds is 4. The quantitative estimate of drug-likeness (QED) is 0.491. The number of nitrogens with zero attached hydrogens (tertiary/aromatic N) is 2. The number of carbonyl (C=O) groups excluding carboxylic acids is 1. The van der Waals surface area contributed by atoms with Gasteiger partial charge in [0, 0.05) is 5.39 Å². The topological polar surface area (TPSA) is 44.1 Å². The molecule has 0 aliphatic heterocycles. The molecule has 27 heavy (non-hydrogen) atoms. The number of aromatic nitrogens is 2. The van der Waals surface area contributed by atoms with E-state index in [0.29, 0.717) is 12.1 Å². The molecule has 3 aromatic carbocycles. The van der Waals surface area contributed by atoms with Crippen LogP contribution in [0.25, 0.3) is 22.0 Å². The van der Waals surface area contributed by atoms with E-state index in [1.165, 1.54) is 18.2 Å². The van der Waals surface area contributed by atoms with E-state index in [1.54, 1.807) is 6.07 Å². The van der Waals surface area contributed by atoms with Crippen LogP contribution in [0.2, 0.25) is 0 Å². The Morgan fingerprint density at radius 3 is 2.37 bits per heavy atom. The Bertz CT molecular complexity index is 1100. The molecule has 0 N–H and O–H groups in total. The summed E-state index contributed by atoms with van der Waals surface area (Å²) in [5.41, 5.74) is 5.93. The van der Waals surface area contributed by atoms with Crippen molar-refractivity contribution >= 4 is 16.9 Å². The van der Waals surface area contributed by atoms with Gasteiger partial charge in [-0.05, 0) is 35.2 Å². The van der Waals surface area contributed by atoms with Gasteiger partial charge in [0.25, 0.3) is 0 Å². The lowest BCUT2D eigenvalue weighted by Crippen LogP contribution is -2.08. The maximum atomic E-state index is 12.2. The zero-order chi connectivity index (χ0) is 18.8. The molecule has 0 aliphatic carbocycles. The van der Waals surface area contributed by atoms with Crippen molar-refractivity contribution in [1.82, 2.24) is 9.78 Å². The van der Waals surface area contributed by atoms with Crippen LogP contribution in [0.3, 0.4) is 0 Å². The van der Waals surface area contributed by atoms with Crippen molar-refractivity contribution in [3.05, 3.63) is 89.6 Å². The van der Waals surface area contributed by atoms with Crippen LogP contribution in [-0.4, -0.2) is 22.9 Å². The molecule has 4 rings (SSSR count). The predicted octanol–water partition coefficient (Wildman–Crippen LogP) is 4.85. The fourth-order valence-electron chi connectivity index (χ4n) is 3.34. The summed E-state index contributed by atoms with van der Waals surface area (Å²) in [6.07, 6.45) is 1.81. The summed E-state index contributed by atoms with van der Waals surface area (Å²) < 4.78 is 6.81. The first-order valence-electron chi connectivity index (χ1n) is 8.85. The van der Waals surface area contributed by atoms with Crippen molar-refractivity contribution in [2.45, 2.75) is 13.5 Å². The SMILES string of the molecule is COC(=O)c1ccc(C)c2cnn(Cc3ccc(-c4ccccc4)cc3)c12. The number of benzene rings is 3. The van der Waals surface area contributed by atoms with E-state index < -0.39 is 0 Å². The molecule has 1 heterocycles. The molecule has 4 heteroatoms. The molecule has 0 fully saturated rings. The third-order valence-corrected chi connectivity index (χ3v) is 4.82. The fourth-order valence-corrected chi connectivity index (χ4v) is 3.34. The number of carbonyl (C=O) groups is 1. The van der Waals surface area contributed by atoms with Crippen molar-refractivity contribution < 1.29 is 9.53 Å². The largest absolute Gasteiger partial charge is 0.465 e. The minimum Gasteiger partial charge on any atom is -0.465 e. The summed E-state index contributed by atoms with van der Waals surface area (Å²) in [5, 5.41) is 5.49. The zero-order valence-electron chi connectivity index (χ0n) is 15.3. The summed E-state index contributed by atoms with van der Waals surface area (Å²) in [7, 11) is 1.40. The molecule has 4 nitrogen and oxygen atoms in total. The van der Waals surface area contributed by atoms with E-state index in [9.17, 15) is 4.79 Å². The summed E-state index contributed by atoms with van der Waals surface area (Å²) in [6.45, 7) is 2.61. The molecular formula is C23H20N2O2. The van der Waals surface area contributed by atoms with Gasteiger partial charge in [-0.25, -0.2) is 4.79 Å². The third kappa shape index (κ3) is 3.22. The lowest BCUT2D eigenvalue weighted by molar-refractivity contribution is 0.0602. The molecule has 0 spiro atoms. The van der Waals surface area contributed by atoms with Gasteiger partial charge in [0.1, 0.15) is 0 Å². The Labute approximate surface area is 158 Å². The molecule has 0 bridgehead atoms. The smallest absolute Gasteiger partial charge is 0.340 e. The highest BCUT2D eigenvalue weighted by molar-refractivity contribution is 6.03. The second-order valence-corrected chi connectivity index (χ2v) is 6.55. The average molecular weight is 356 g/mol. The van der Waals surface area contributed by atoms with Gasteiger partial charge >= 0.3 is 5.97 Å². The van der Waals surface area contributed by atoms with Gasteiger partial charge in [-0.1, -0.05) is 60.7 Å². The van der Waals surface area contributed by atoms with Crippen LogP contribution >= 0.6 is 0 Å². The third-order valence-electron chi connectivity index (χ3n) is 4.82. The lowest BCUT2D eigenvalue weighted by atomic mass is 10.0. The minimum absolute atomic E-state index is 0.346. The predicted molar refractivity (Wildman–Crippen MR) is 107 cm³/mol. The number of fused-ring (bicyclic) bond motifs is 1. The number of hydrogen-bond acceptors (Lipinski definition) is 3. The van der Waals surface area contributed by atoms with Crippen LogP contribution in [0.5, 0.6) is 0 Å². The molecule has 0 atom stereocenters. The average Bonchev–Trinajstić information content (AvgIpc) is 3.13. The zero-order valence-corrected chi connectivity index (χ0v) is 15.3. The Kier molecular flexibility index (Phi) is 4.47. The van der Waals surface area contributed by atoms with E-state index >= 15 is 0 Å². The van der Waals surface area contributed by atoms with Crippen LogP contribution in [-0.2, 0) is 11.3 Å². The maximum absolute atomic E-state index is 12.2.